The number of hydrogen-bond acceptors (Lipinski definition) is 5. The number of thiophene rings is 1. The van der Waals surface area contributed by atoms with Gasteiger partial charge in [-0.25, -0.2) is 4.39 Å². The summed E-state index contributed by atoms with van der Waals surface area (Å²) in [7, 11) is 4.06. The Hall–Kier alpha value is -2.90. The third-order valence-electron chi connectivity index (χ3n) is 5.94. The molecule has 0 unspecified atom stereocenters. The predicted molar refractivity (Wildman–Crippen MR) is 130 cm³/mol. The molecule has 7 heteroatoms. The van der Waals surface area contributed by atoms with Crippen molar-refractivity contribution < 1.29 is 9.18 Å². The van der Waals surface area contributed by atoms with E-state index in [1.165, 1.54) is 29.0 Å². The van der Waals surface area contributed by atoms with Gasteiger partial charge in [0.25, 0.3) is 5.91 Å². The first kappa shape index (κ1) is 22.3. The van der Waals surface area contributed by atoms with E-state index in [1.54, 1.807) is 0 Å². The number of hydrogen-bond donors (Lipinski definition) is 1. The van der Waals surface area contributed by atoms with Gasteiger partial charge in [-0.1, -0.05) is 18.2 Å². The number of carbonyl (C=O) groups is 1. The molecule has 1 fully saturated rings. The van der Waals surface area contributed by atoms with Crippen molar-refractivity contribution >= 4 is 28.6 Å². The largest absolute Gasteiger partial charge is 0.378 e. The number of piperazine rings is 1. The van der Waals surface area contributed by atoms with Gasteiger partial charge in [0.15, 0.2) is 0 Å². The number of anilines is 2. The minimum atomic E-state index is -0.213. The zero-order valence-electron chi connectivity index (χ0n) is 18.5. The monoisotopic (exact) mass is 452 g/mol. The first-order valence-corrected chi connectivity index (χ1v) is 11.7. The van der Waals surface area contributed by atoms with E-state index in [0.717, 1.165) is 42.4 Å². The van der Waals surface area contributed by atoms with E-state index in [0.29, 0.717) is 6.54 Å². The third kappa shape index (κ3) is 5.29. The third-order valence-corrected chi connectivity index (χ3v) is 6.81. The second-order valence-corrected chi connectivity index (χ2v) is 9.14. The molecule has 1 amide bonds. The van der Waals surface area contributed by atoms with Crippen LogP contribution >= 0.6 is 11.3 Å². The molecule has 2 heterocycles. The van der Waals surface area contributed by atoms with Gasteiger partial charge in [0.05, 0.1) is 10.9 Å². The normalized spacial score (nSPS) is 15.4. The highest BCUT2D eigenvalue weighted by molar-refractivity contribution is 7.12. The van der Waals surface area contributed by atoms with Crippen LogP contribution in [0, 0.1) is 5.82 Å². The fourth-order valence-corrected chi connectivity index (χ4v) is 4.72. The van der Waals surface area contributed by atoms with Crippen molar-refractivity contribution in [2.75, 3.05) is 56.6 Å². The van der Waals surface area contributed by atoms with Crippen LogP contribution in [0.15, 0.2) is 66.0 Å². The number of nitrogens with zero attached hydrogens (tertiary/aromatic N) is 3. The minimum Gasteiger partial charge on any atom is -0.378 e. The van der Waals surface area contributed by atoms with Gasteiger partial charge in [0, 0.05) is 58.2 Å². The van der Waals surface area contributed by atoms with Crippen molar-refractivity contribution in [3.05, 3.63) is 82.3 Å². The van der Waals surface area contributed by atoms with Gasteiger partial charge in [0.1, 0.15) is 5.82 Å². The smallest absolute Gasteiger partial charge is 0.261 e. The lowest BCUT2D eigenvalue weighted by Gasteiger charge is -2.40. The molecule has 1 saturated heterocycles. The van der Waals surface area contributed by atoms with Crippen LogP contribution in [0.4, 0.5) is 15.8 Å². The zero-order valence-corrected chi connectivity index (χ0v) is 19.3. The Kier molecular flexibility index (Phi) is 7.07. The molecule has 4 rings (SSSR count). The molecule has 5 nitrogen and oxygen atoms in total. The van der Waals surface area contributed by atoms with E-state index < -0.39 is 0 Å². The van der Waals surface area contributed by atoms with Crippen molar-refractivity contribution in [2.45, 2.75) is 6.04 Å². The Labute approximate surface area is 193 Å². The van der Waals surface area contributed by atoms with Crippen molar-refractivity contribution in [1.29, 1.82) is 0 Å². The predicted octanol–water partition coefficient (Wildman–Crippen LogP) is 4.25. The van der Waals surface area contributed by atoms with E-state index in [9.17, 15) is 9.18 Å². The van der Waals surface area contributed by atoms with Crippen LogP contribution < -0.4 is 15.1 Å². The zero-order chi connectivity index (χ0) is 22.5. The average molecular weight is 453 g/mol. The molecule has 3 aromatic rings. The highest BCUT2D eigenvalue weighted by Crippen LogP contribution is 2.26. The van der Waals surface area contributed by atoms with Gasteiger partial charge >= 0.3 is 0 Å². The summed E-state index contributed by atoms with van der Waals surface area (Å²) in [6.07, 6.45) is 0. The summed E-state index contributed by atoms with van der Waals surface area (Å²) in [5.74, 6) is -0.241. The van der Waals surface area contributed by atoms with Gasteiger partial charge in [-0.15, -0.1) is 11.3 Å². The number of amides is 1. The molecule has 168 valence electrons. The Bertz CT molecular complexity index is 997. The van der Waals surface area contributed by atoms with Gasteiger partial charge in [0.2, 0.25) is 0 Å². The fraction of sp³-hybridized carbons (Fsp3) is 0.320. The van der Waals surface area contributed by atoms with E-state index in [4.69, 9.17) is 0 Å². The van der Waals surface area contributed by atoms with Crippen LogP contribution in [0.3, 0.4) is 0 Å². The highest BCUT2D eigenvalue weighted by atomic mass is 32.1. The van der Waals surface area contributed by atoms with Crippen LogP contribution in [0.1, 0.15) is 21.3 Å². The molecule has 1 N–H and O–H groups in total. The molecule has 0 spiro atoms. The summed E-state index contributed by atoms with van der Waals surface area (Å²) >= 11 is 1.45. The van der Waals surface area contributed by atoms with Crippen LogP contribution in [0.2, 0.25) is 0 Å². The van der Waals surface area contributed by atoms with Gasteiger partial charge in [-0.2, -0.15) is 0 Å². The van der Waals surface area contributed by atoms with E-state index in [1.807, 2.05) is 43.7 Å². The van der Waals surface area contributed by atoms with Crippen LogP contribution in [0.5, 0.6) is 0 Å². The maximum Gasteiger partial charge on any atom is 0.261 e. The Morgan fingerprint density at radius 2 is 1.72 bits per heavy atom. The lowest BCUT2D eigenvalue weighted by molar-refractivity contribution is 0.0934. The number of halogens is 1. The van der Waals surface area contributed by atoms with Crippen molar-refractivity contribution in [3.63, 3.8) is 0 Å². The Balaban J connectivity index is 1.47. The van der Waals surface area contributed by atoms with Gasteiger partial charge in [-0.05, 0) is 53.4 Å². The summed E-state index contributed by atoms with van der Waals surface area (Å²) in [4.78, 5) is 20.1. The fourth-order valence-electron chi connectivity index (χ4n) is 4.08. The summed E-state index contributed by atoms with van der Waals surface area (Å²) in [5.41, 5.74) is 3.39. The molecule has 32 heavy (non-hydrogen) atoms. The molecule has 0 bridgehead atoms. The average Bonchev–Trinajstić information content (AvgIpc) is 3.36. The first-order valence-electron chi connectivity index (χ1n) is 10.8. The molecule has 1 atom stereocenters. The summed E-state index contributed by atoms with van der Waals surface area (Å²) < 4.78 is 13.3. The number of nitrogens with one attached hydrogen (secondary N) is 1. The van der Waals surface area contributed by atoms with Crippen LogP contribution in [-0.4, -0.2) is 57.6 Å². The molecule has 0 radical (unpaired) electrons. The molecule has 0 saturated carbocycles. The van der Waals surface area contributed by atoms with Crippen molar-refractivity contribution in [1.82, 2.24) is 10.2 Å². The quantitative estimate of drug-likeness (QED) is 0.582. The first-order chi connectivity index (χ1) is 15.5. The second kappa shape index (κ2) is 10.1. The lowest BCUT2D eigenvalue weighted by atomic mass is 10.0. The molecular formula is C25H29FN4OS. The molecular weight excluding hydrogens is 423 g/mol. The molecule has 1 aliphatic rings. The number of rotatable bonds is 7. The highest BCUT2D eigenvalue weighted by Gasteiger charge is 2.26. The van der Waals surface area contributed by atoms with Crippen molar-refractivity contribution in [3.8, 4) is 0 Å². The van der Waals surface area contributed by atoms with Crippen LogP contribution in [-0.2, 0) is 0 Å². The van der Waals surface area contributed by atoms with E-state index in [2.05, 4.69) is 44.3 Å². The number of benzene rings is 2. The molecule has 1 aromatic heterocycles. The number of carbonyl (C=O) groups excluding carboxylic acids is 1. The Morgan fingerprint density at radius 1 is 1.03 bits per heavy atom. The lowest BCUT2D eigenvalue weighted by Crippen LogP contribution is -2.49. The standard InChI is InChI=1S/C25H29FN4OS/c1-28(2)21-9-5-19(6-10-21)23(18-27-25(31)24-4-3-17-32-24)30-15-13-29(14-16-30)22-11-7-20(26)8-12-22/h3-12,17,23H,13-16,18H2,1-2H3,(H,27,31)/t23-/m1/s1. The van der Waals surface area contributed by atoms with E-state index >= 15 is 0 Å². The second-order valence-electron chi connectivity index (χ2n) is 8.19. The summed E-state index contributed by atoms with van der Waals surface area (Å²) in [6.45, 7) is 4.00. The maximum atomic E-state index is 13.3. The van der Waals surface area contributed by atoms with Gasteiger partial charge < -0.3 is 15.1 Å². The Morgan fingerprint density at radius 3 is 2.31 bits per heavy atom. The van der Waals surface area contributed by atoms with Gasteiger partial charge in [-0.3, -0.25) is 9.69 Å². The van der Waals surface area contributed by atoms with Crippen LogP contribution in [0.25, 0.3) is 0 Å². The van der Waals surface area contributed by atoms with Crippen molar-refractivity contribution in [2.24, 2.45) is 0 Å². The van der Waals surface area contributed by atoms with E-state index in [-0.39, 0.29) is 17.8 Å². The SMILES string of the molecule is CN(C)c1ccc([C@@H](CNC(=O)c2cccs2)N2CCN(c3ccc(F)cc3)CC2)cc1. The topological polar surface area (TPSA) is 38.8 Å². The summed E-state index contributed by atoms with van der Waals surface area (Å²) in [6, 6.07) is 19.1. The maximum absolute atomic E-state index is 13.3. The molecule has 1 aliphatic heterocycles. The summed E-state index contributed by atoms with van der Waals surface area (Å²) in [5, 5.41) is 5.05. The molecule has 2 aromatic carbocycles. The minimum absolute atomic E-state index is 0.0279. The molecule has 0 aliphatic carbocycles.